The maximum atomic E-state index is 5.73. The van der Waals surface area contributed by atoms with Gasteiger partial charge in [-0.2, -0.15) is 0 Å². The molecule has 1 aliphatic rings. The van der Waals surface area contributed by atoms with Gasteiger partial charge in [-0.3, -0.25) is 0 Å². The van der Waals surface area contributed by atoms with Gasteiger partial charge in [0.1, 0.15) is 6.10 Å². The number of ether oxygens (including phenoxy) is 2. The van der Waals surface area contributed by atoms with Crippen LogP contribution in [0.4, 0.5) is 0 Å². The molecule has 1 heterocycles. The van der Waals surface area contributed by atoms with E-state index in [-0.39, 0.29) is 12.4 Å². The molecule has 0 aromatic heterocycles. The van der Waals surface area contributed by atoms with E-state index in [1.165, 1.54) is 12.0 Å². The fraction of sp³-hybridized carbons (Fsp3) is 0.500. The smallest absolute Gasteiger partial charge is 0.159 e. The van der Waals surface area contributed by atoms with Gasteiger partial charge in [0.25, 0.3) is 0 Å². The van der Waals surface area contributed by atoms with E-state index in [0.717, 1.165) is 25.9 Å². The first kappa shape index (κ1) is 13.1. The summed E-state index contributed by atoms with van der Waals surface area (Å²) in [7, 11) is 0. The third kappa shape index (κ3) is 4.52. The minimum absolute atomic E-state index is 0.0558. The summed E-state index contributed by atoms with van der Waals surface area (Å²) in [5.41, 5.74) is 1.24. The van der Waals surface area contributed by atoms with E-state index < -0.39 is 0 Å². The Hall–Kier alpha value is -1.30. The van der Waals surface area contributed by atoms with Crippen molar-refractivity contribution in [3.63, 3.8) is 0 Å². The topological polar surface area (TPSA) is 18.5 Å². The second kappa shape index (κ2) is 7.20. The van der Waals surface area contributed by atoms with E-state index in [1.807, 2.05) is 25.1 Å². The van der Waals surface area contributed by atoms with Gasteiger partial charge >= 0.3 is 0 Å². The quantitative estimate of drug-likeness (QED) is 0.760. The van der Waals surface area contributed by atoms with Gasteiger partial charge in [-0.1, -0.05) is 42.2 Å². The van der Waals surface area contributed by atoms with Gasteiger partial charge < -0.3 is 9.47 Å². The summed E-state index contributed by atoms with van der Waals surface area (Å²) < 4.78 is 11.3. The van der Waals surface area contributed by atoms with Crippen molar-refractivity contribution < 1.29 is 9.47 Å². The Labute approximate surface area is 109 Å². The van der Waals surface area contributed by atoms with Crippen molar-refractivity contribution in [1.82, 2.24) is 0 Å². The zero-order chi connectivity index (χ0) is 12.6. The third-order valence-electron chi connectivity index (χ3n) is 2.93. The maximum absolute atomic E-state index is 5.73. The van der Waals surface area contributed by atoms with Crippen molar-refractivity contribution in [2.24, 2.45) is 0 Å². The minimum Gasteiger partial charge on any atom is -0.353 e. The zero-order valence-electron chi connectivity index (χ0n) is 10.9. The molecule has 0 radical (unpaired) electrons. The molecule has 1 aromatic rings. The van der Waals surface area contributed by atoms with Crippen LogP contribution in [0.3, 0.4) is 0 Å². The number of benzene rings is 1. The monoisotopic (exact) mass is 244 g/mol. The molecule has 0 aliphatic carbocycles. The number of hydrogen-bond acceptors (Lipinski definition) is 2. The van der Waals surface area contributed by atoms with Crippen LogP contribution in [0.25, 0.3) is 0 Å². The molecule has 0 spiro atoms. The molecule has 0 bridgehead atoms. The normalized spacial score (nSPS) is 20.8. The summed E-state index contributed by atoms with van der Waals surface area (Å²) >= 11 is 0. The summed E-state index contributed by atoms with van der Waals surface area (Å²) in [5.74, 6) is 6.29. The molecule has 18 heavy (non-hydrogen) atoms. The molecule has 2 rings (SSSR count). The second-order valence-electron chi connectivity index (χ2n) is 4.56. The minimum atomic E-state index is -0.0585. The molecule has 96 valence electrons. The van der Waals surface area contributed by atoms with Crippen molar-refractivity contribution in [1.29, 1.82) is 0 Å². The van der Waals surface area contributed by atoms with E-state index in [0.29, 0.717) is 0 Å². The molecule has 0 N–H and O–H groups in total. The average molecular weight is 244 g/mol. The van der Waals surface area contributed by atoms with Gasteiger partial charge in [0.05, 0.1) is 0 Å². The van der Waals surface area contributed by atoms with E-state index in [1.54, 1.807) is 0 Å². The fourth-order valence-corrected chi connectivity index (χ4v) is 1.97. The van der Waals surface area contributed by atoms with Crippen LogP contribution >= 0.6 is 0 Å². The molecule has 1 aromatic carbocycles. The van der Waals surface area contributed by atoms with E-state index >= 15 is 0 Å². The standard InChI is InChI=1S/C16H20O2/c1-14(18-16-12-5-6-13-17-16)8-7-11-15-9-3-2-4-10-15/h2-4,9-10,14,16H,5-6,11-13H2,1H3. The van der Waals surface area contributed by atoms with E-state index in [4.69, 9.17) is 9.47 Å². The van der Waals surface area contributed by atoms with Crippen LogP contribution in [-0.4, -0.2) is 19.0 Å². The predicted molar refractivity (Wildman–Crippen MR) is 72.1 cm³/mol. The van der Waals surface area contributed by atoms with Crippen molar-refractivity contribution in [2.45, 2.75) is 45.0 Å². The lowest BCUT2D eigenvalue weighted by molar-refractivity contribution is -0.173. The first-order valence-electron chi connectivity index (χ1n) is 6.64. The van der Waals surface area contributed by atoms with Crippen LogP contribution in [0.1, 0.15) is 31.7 Å². The van der Waals surface area contributed by atoms with Gasteiger partial charge in [0.15, 0.2) is 6.29 Å². The Kier molecular flexibility index (Phi) is 5.26. The molecule has 1 aliphatic heterocycles. The molecule has 2 atom stereocenters. The Morgan fingerprint density at radius 1 is 1.33 bits per heavy atom. The summed E-state index contributed by atoms with van der Waals surface area (Å²) in [5, 5.41) is 0. The highest BCUT2D eigenvalue weighted by molar-refractivity contribution is 5.21. The van der Waals surface area contributed by atoms with Crippen LogP contribution < -0.4 is 0 Å². The van der Waals surface area contributed by atoms with Crippen LogP contribution in [0.5, 0.6) is 0 Å². The molecule has 0 saturated carbocycles. The largest absolute Gasteiger partial charge is 0.353 e. The molecular formula is C16H20O2. The van der Waals surface area contributed by atoms with Crippen molar-refractivity contribution in [3.05, 3.63) is 35.9 Å². The molecular weight excluding hydrogens is 224 g/mol. The van der Waals surface area contributed by atoms with Gasteiger partial charge in [0, 0.05) is 13.0 Å². The highest BCUT2D eigenvalue weighted by atomic mass is 16.7. The summed E-state index contributed by atoms with van der Waals surface area (Å²) in [6.45, 7) is 2.80. The fourth-order valence-electron chi connectivity index (χ4n) is 1.97. The lowest BCUT2D eigenvalue weighted by Gasteiger charge is -2.24. The van der Waals surface area contributed by atoms with Crippen molar-refractivity contribution in [3.8, 4) is 11.8 Å². The SMILES string of the molecule is CC(C#CCc1ccccc1)OC1CCCCO1. The van der Waals surface area contributed by atoms with Crippen molar-refractivity contribution >= 4 is 0 Å². The Morgan fingerprint density at radius 2 is 2.17 bits per heavy atom. The van der Waals surface area contributed by atoms with Gasteiger partial charge in [-0.05, 0) is 31.7 Å². The van der Waals surface area contributed by atoms with Crippen LogP contribution in [-0.2, 0) is 15.9 Å². The molecule has 1 fully saturated rings. The van der Waals surface area contributed by atoms with E-state index in [9.17, 15) is 0 Å². The molecule has 2 nitrogen and oxygen atoms in total. The zero-order valence-corrected chi connectivity index (χ0v) is 10.9. The van der Waals surface area contributed by atoms with Gasteiger partial charge in [0.2, 0.25) is 0 Å². The summed E-state index contributed by atoms with van der Waals surface area (Å²) in [6.07, 6.45) is 3.99. The first-order chi connectivity index (χ1) is 8.84. The summed E-state index contributed by atoms with van der Waals surface area (Å²) in [4.78, 5) is 0. The molecule has 0 amide bonds. The Bertz CT molecular complexity index is 396. The second-order valence-corrected chi connectivity index (χ2v) is 4.56. The number of rotatable bonds is 3. The molecule has 1 saturated heterocycles. The predicted octanol–water partition coefficient (Wildman–Crippen LogP) is 3.16. The molecule has 2 unspecified atom stereocenters. The van der Waals surface area contributed by atoms with Gasteiger partial charge in [-0.25, -0.2) is 0 Å². The highest BCUT2D eigenvalue weighted by Gasteiger charge is 2.15. The van der Waals surface area contributed by atoms with Crippen LogP contribution in [0, 0.1) is 11.8 Å². The highest BCUT2D eigenvalue weighted by Crippen LogP contribution is 2.15. The van der Waals surface area contributed by atoms with Crippen LogP contribution in [0.15, 0.2) is 30.3 Å². The maximum Gasteiger partial charge on any atom is 0.159 e. The Balaban J connectivity index is 1.75. The van der Waals surface area contributed by atoms with Crippen LogP contribution in [0.2, 0.25) is 0 Å². The Morgan fingerprint density at radius 3 is 2.89 bits per heavy atom. The van der Waals surface area contributed by atoms with Gasteiger partial charge in [-0.15, -0.1) is 0 Å². The first-order valence-corrected chi connectivity index (χ1v) is 6.64. The molecule has 2 heteroatoms. The lowest BCUT2D eigenvalue weighted by atomic mass is 10.1. The summed E-state index contributed by atoms with van der Waals surface area (Å²) in [6, 6.07) is 10.3. The average Bonchev–Trinajstić information content (AvgIpc) is 2.41. The lowest BCUT2D eigenvalue weighted by Crippen LogP contribution is -2.25. The third-order valence-corrected chi connectivity index (χ3v) is 2.93. The van der Waals surface area contributed by atoms with E-state index in [2.05, 4.69) is 24.0 Å². The van der Waals surface area contributed by atoms with Crippen molar-refractivity contribution in [2.75, 3.05) is 6.61 Å². The number of hydrogen-bond donors (Lipinski definition) is 0.